The van der Waals surface area contributed by atoms with Crippen LogP contribution in [0, 0.1) is 0 Å². The topological polar surface area (TPSA) is 58.9 Å². The zero-order valence-electron chi connectivity index (χ0n) is 17.1. The molecule has 0 bridgehead atoms. The van der Waals surface area contributed by atoms with Gasteiger partial charge in [-0.15, -0.1) is 0 Å². The van der Waals surface area contributed by atoms with Crippen LogP contribution in [0.2, 0.25) is 0 Å². The zero-order chi connectivity index (χ0) is 20.9. The highest BCUT2D eigenvalue weighted by atomic mass is 16.5. The molecule has 30 heavy (non-hydrogen) atoms. The van der Waals surface area contributed by atoms with E-state index in [9.17, 15) is 4.79 Å². The van der Waals surface area contributed by atoms with Gasteiger partial charge in [0.2, 0.25) is 5.91 Å². The van der Waals surface area contributed by atoms with Crippen LogP contribution in [0.5, 0.6) is 5.75 Å². The highest BCUT2D eigenvalue weighted by Gasteiger charge is 2.17. The molecule has 0 saturated carbocycles. The molecule has 0 atom stereocenters. The number of fused-ring (bicyclic) bond motifs is 1. The van der Waals surface area contributed by atoms with Crippen molar-refractivity contribution in [2.45, 2.75) is 6.54 Å². The van der Waals surface area contributed by atoms with Crippen molar-refractivity contribution in [2.24, 2.45) is 0 Å². The Morgan fingerprint density at radius 3 is 2.67 bits per heavy atom. The fraction of sp³-hybridized carbons (Fsp3) is 0.167. The molecule has 0 unspecified atom stereocenters. The summed E-state index contributed by atoms with van der Waals surface area (Å²) in [7, 11) is 3.54. The number of imidazole rings is 1. The van der Waals surface area contributed by atoms with Crippen LogP contribution in [-0.4, -0.2) is 40.9 Å². The molecule has 0 spiro atoms. The molecular weight excluding hydrogens is 376 g/mol. The molecule has 6 heteroatoms. The minimum atomic E-state index is -0.0826. The summed E-state index contributed by atoms with van der Waals surface area (Å²) in [6, 6.07) is 23.4. The van der Waals surface area contributed by atoms with E-state index in [0.717, 1.165) is 22.6 Å². The van der Waals surface area contributed by atoms with Crippen molar-refractivity contribution in [3.05, 3.63) is 84.7 Å². The fourth-order valence-electron chi connectivity index (χ4n) is 3.48. The molecule has 0 saturated heterocycles. The molecule has 2 aromatic carbocycles. The van der Waals surface area contributed by atoms with Gasteiger partial charge in [0.1, 0.15) is 11.4 Å². The molecule has 4 aromatic rings. The first kappa shape index (κ1) is 19.7. The Hall–Kier alpha value is -3.64. The number of anilines is 1. The quantitative estimate of drug-likeness (QED) is 0.508. The van der Waals surface area contributed by atoms with E-state index in [1.807, 2.05) is 72.7 Å². The molecule has 152 valence electrons. The maximum absolute atomic E-state index is 12.6. The van der Waals surface area contributed by atoms with E-state index in [-0.39, 0.29) is 12.5 Å². The number of amides is 1. The lowest BCUT2D eigenvalue weighted by atomic mass is 10.1. The third-order valence-corrected chi connectivity index (χ3v) is 4.86. The van der Waals surface area contributed by atoms with Gasteiger partial charge < -0.3 is 14.5 Å². The molecule has 4 rings (SSSR count). The second-order valence-electron chi connectivity index (χ2n) is 7.15. The number of nitrogens with zero attached hydrogens (tertiary/aromatic N) is 3. The number of rotatable bonds is 7. The number of aromatic nitrogens is 2. The van der Waals surface area contributed by atoms with Crippen LogP contribution in [0.15, 0.2) is 79.0 Å². The maximum atomic E-state index is 12.6. The van der Waals surface area contributed by atoms with E-state index < -0.39 is 0 Å². The lowest BCUT2D eigenvalue weighted by Crippen LogP contribution is -2.30. The highest BCUT2D eigenvalue weighted by molar-refractivity contribution is 5.92. The third kappa shape index (κ3) is 4.34. The number of likely N-dealkylation sites (N-methyl/N-ethyl adjacent to an activating group) is 1. The average molecular weight is 400 g/mol. The number of hydrogen-bond donors (Lipinski definition) is 1. The Morgan fingerprint density at radius 1 is 1.07 bits per heavy atom. The van der Waals surface area contributed by atoms with Crippen molar-refractivity contribution in [1.29, 1.82) is 0 Å². The highest BCUT2D eigenvalue weighted by Crippen LogP contribution is 2.25. The van der Waals surface area contributed by atoms with Crippen molar-refractivity contribution in [3.8, 4) is 17.0 Å². The Balaban J connectivity index is 1.52. The van der Waals surface area contributed by atoms with Gasteiger partial charge in [-0.05, 0) is 31.3 Å². The molecule has 0 aliphatic rings. The summed E-state index contributed by atoms with van der Waals surface area (Å²) < 4.78 is 7.29. The second kappa shape index (κ2) is 8.80. The lowest BCUT2D eigenvalue weighted by molar-refractivity contribution is -0.117. The van der Waals surface area contributed by atoms with Crippen LogP contribution in [0.3, 0.4) is 0 Å². The number of hydrogen-bond acceptors (Lipinski definition) is 4. The number of pyridine rings is 1. The number of carbonyl (C=O) groups excluding carboxylic acids is 1. The smallest absolute Gasteiger partial charge is 0.238 e. The van der Waals surface area contributed by atoms with Gasteiger partial charge in [0.25, 0.3) is 0 Å². The van der Waals surface area contributed by atoms with Crippen LogP contribution in [0.4, 0.5) is 5.69 Å². The first-order valence-electron chi connectivity index (χ1n) is 9.78. The van der Waals surface area contributed by atoms with Crippen molar-refractivity contribution < 1.29 is 9.53 Å². The van der Waals surface area contributed by atoms with Crippen molar-refractivity contribution >= 4 is 17.2 Å². The SMILES string of the molecule is COc1cccc(NC(=O)CN(C)Cc2c(-c3ccccc3)nc3ccccn23)c1. The van der Waals surface area contributed by atoms with Gasteiger partial charge in [0.05, 0.1) is 25.0 Å². The Kier molecular flexibility index (Phi) is 5.77. The van der Waals surface area contributed by atoms with Gasteiger partial charge in [-0.1, -0.05) is 42.5 Å². The van der Waals surface area contributed by atoms with Crippen LogP contribution in [0.1, 0.15) is 5.69 Å². The third-order valence-electron chi connectivity index (χ3n) is 4.86. The van der Waals surface area contributed by atoms with E-state index >= 15 is 0 Å². The number of nitrogens with one attached hydrogen (secondary N) is 1. The van der Waals surface area contributed by atoms with Crippen LogP contribution in [-0.2, 0) is 11.3 Å². The predicted molar refractivity (Wildman–Crippen MR) is 119 cm³/mol. The van der Waals surface area contributed by atoms with Gasteiger partial charge in [-0.2, -0.15) is 0 Å². The number of carbonyl (C=O) groups is 1. The fourth-order valence-corrected chi connectivity index (χ4v) is 3.48. The molecule has 0 radical (unpaired) electrons. The van der Waals surface area contributed by atoms with Gasteiger partial charge in [0.15, 0.2) is 0 Å². The van der Waals surface area contributed by atoms with E-state index in [1.54, 1.807) is 13.2 Å². The molecule has 6 nitrogen and oxygen atoms in total. The van der Waals surface area contributed by atoms with Gasteiger partial charge >= 0.3 is 0 Å². The monoisotopic (exact) mass is 400 g/mol. The minimum Gasteiger partial charge on any atom is -0.497 e. The normalized spacial score (nSPS) is 11.0. The summed E-state index contributed by atoms with van der Waals surface area (Å²) in [4.78, 5) is 19.4. The van der Waals surface area contributed by atoms with E-state index in [2.05, 4.69) is 21.9 Å². The van der Waals surface area contributed by atoms with Crippen LogP contribution >= 0.6 is 0 Å². The Morgan fingerprint density at radius 2 is 1.87 bits per heavy atom. The summed E-state index contributed by atoms with van der Waals surface area (Å²) in [5, 5.41) is 2.93. The van der Waals surface area contributed by atoms with Gasteiger partial charge in [-0.25, -0.2) is 4.98 Å². The van der Waals surface area contributed by atoms with Crippen molar-refractivity contribution in [3.63, 3.8) is 0 Å². The predicted octanol–water partition coefficient (Wildman–Crippen LogP) is 4.08. The summed E-state index contributed by atoms with van der Waals surface area (Å²) in [6.45, 7) is 0.840. The largest absolute Gasteiger partial charge is 0.497 e. The minimum absolute atomic E-state index is 0.0826. The second-order valence-corrected chi connectivity index (χ2v) is 7.15. The number of methoxy groups -OCH3 is 1. The van der Waals surface area contributed by atoms with Crippen molar-refractivity contribution in [2.75, 3.05) is 26.0 Å². The molecule has 0 fully saturated rings. The van der Waals surface area contributed by atoms with E-state index in [1.165, 1.54) is 0 Å². The molecular formula is C24H24N4O2. The van der Waals surface area contributed by atoms with Crippen LogP contribution in [0.25, 0.3) is 16.9 Å². The summed E-state index contributed by atoms with van der Waals surface area (Å²) in [5.74, 6) is 0.625. The van der Waals surface area contributed by atoms with Gasteiger partial charge in [0, 0.05) is 30.1 Å². The summed E-state index contributed by atoms with van der Waals surface area (Å²) >= 11 is 0. The molecule has 0 aliphatic carbocycles. The molecule has 0 aliphatic heterocycles. The van der Waals surface area contributed by atoms with Gasteiger partial charge in [-0.3, -0.25) is 9.69 Å². The molecule has 2 aromatic heterocycles. The zero-order valence-corrected chi connectivity index (χ0v) is 17.1. The Bertz CT molecular complexity index is 1150. The average Bonchev–Trinajstić information content (AvgIpc) is 3.12. The summed E-state index contributed by atoms with van der Waals surface area (Å²) in [5.41, 5.74) is 4.65. The lowest BCUT2D eigenvalue weighted by Gasteiger charge is -2.17. The van der Waals surface area contributed by atoms with E-state index in [4.69, 9.17) is 9.72 Å². The Labute approximate surface area is 175 Å². The first-order chi connectivity index (χ1) is 14.6. The van der Waals surface area contributed by atoms with Crippen molar-refractivity contribution in [1.82, 2.24) is 14.3 Å². The maximum Gasteiger partial charge on any atom is 0.238 e. The summed E-state index contributed by atoms with van der Waals surface area (Å²) in [6.07, 6.45) is 2.01. The number of benzene rings is 2. The molecule has 1 N–H and O–H groups in total. The first-order valence-corrected chi connectivity index (χ1v) is 9.78. The number of ether oxygens (including phenoxy) is 1. The van der Waals surface area contributed by atoms with E-state index in [0.29, 0.717) is 18.0 Å². The van der Waals surface area contributed by atoms with Crippen LogP contribution < -0.4 is 10.1 Å². The molecule has 1 amide bonds. The standard InChI is InChI=1S/C24H24N4O2/c1-27(17-23(29)25-19-11-8-12-20(15-19)30-2)16-21-24(18-9-4-3-5-10-18)26-22-13-6-7-14-28(21)22/h3-15H,16-17H2,1-2H3,(H,25,29). The molecule has 2 heterocycles.